The number of anilines is 1. The van der Waals surface area contributed by atoms with E-state index in [0.717, 1.165) is 11.6 Å². The molecule has 1 amide bonds. The molecule has 1 aliphatic heterocycles. The molecule has 2 heterocycles. The number of ketones is 1. The molecule has 2 N–H and O–H groups in total. The average molecular weight is 456 g/mol. The van der Waals surface area contributed by atoms with Crippen LogP contribution in [0.4, 0.5) is 10.1 Å². The summed E-state index contributed by atoms with van der Waals surface area (Å²) in [6, 6.07) is 12.0. The largest absolute Gasteiger partial charge is 0.348 e. The van der Waals surface area contributed by atoms with E-state index < -0.39 is 22.6 Å². The minimum absolute atomic E-state index is 0.0236. The van der Waals surface area contributed by atoms with Gasteiger partial charge in [-0.05, 0) is 59.7 Å². The molecule has 0 fully saturated rings. The summed E-state index contributed by atoms with van der Waals surface area (Å²) >= 11 is 5.79. The van der Waals surface area contributed by atoms with Crippen LogP contribution < -0.4 is 10.0 Å². The number of amides is 1. The molecule has 3 aromatic rings. The Labute approximate surface area is 184 Å². The summed E-state index contributed by atoms with van der Waals surface area (Å²) in [4.78, 5) is 29.4. The van der Waals surface area contributed by atoms with Crippen molar-refractivity contribution in [3.05, 3.63) is 98.9 Å². The molecule has 1 aliphatic rings. The maximum absolute atomic E-state index is 13.4. The third kappa shape index (κ3) is 4.55. The van der Waals surface area contributed by atoms with Gasteiger partial charge in [0, 0.05) is 30.1 Å². The van der Waals surface area contributed by atoms with E-state index in [0.29, 0.717) is 23.4 Å². The van der Waals surface area contributed by atoms with Crippen molar-refractivity contribution in [2.24, 2.45) is 0 Å². The number of carbonyl (C=O) groups excluding carboxylic acids is 2. The van der Waals surface area contributed by atoms with Crippen LogP contribution in [0, 0.1) is 5.82 Å². The fourth-order valence-corrected chi connectivity index (χ4v) is 4.19. The van der Waals surface area contributed by atoms with E-state index in [1.807, 2.05) is 0 Å². The maximum Gasteiger partial charge on any atom is 0.251 e. The van der Waals surface area contributed by atoms with Crippen molar-refractivity contribution >= 4 is 46.0 Å². The van der Waals surface area contributed by atoms with Gasteiger partial charge in [0.15, 0.2) is 11.0 Å². The van der Waals surface area contributed by atoms with E-state index in [-0.39, 0.29) is 21.4 Å². The Bertz CT molecular complexity index is 1250. The fourth-order valence-electron chi connectivity index (χ4n) is 2.99. The van der Waals surface area contributed by atoms with E-state index in [4.69, 9.17) is 11.6 Å². The van der Waals surface area contributed by atoms with Crippen LogP contribution in [0.1, 0.15) is 31.8 Å². The average Bonchev–Trinajstić information content (AvgIpc) is 2.78. The van der Waals surface area contributed by atoms with Gasteiger partial charge >= 0.3 is 0 Å². The Hall–Kier alpha value is -3.36. The summed E-state index contributed by atoms with van der Waals surface area (Å²) in [7, 11) is -1.81. The molecule has 4 rings (SSSR count). The first-order chi connectivity index (χ1) is 14.9. The van der Waals surface area contributed by atoms with Crippen molar-refractivity contribution in [2.75, 3.05) is 4.72 Å². The Kier molecular flexibility index (Phi) is 5.92. The molecule has 2 aromatic carbocycles. The number of nitrogens with one attached hydrogen (secondary N) is 2. The second-order valence-corrected chi connectivity index (χ2v) is 8.27. The van der Waals surface area contributed by atoms with Crippen LogP contribution in [0.5, 0.6) is 0 Å². The first-order valence-corrected chi connectivity index (χ1v) is 10.7. The van der Waals surface area contributed by atoms with Gasteiger partial charge in [-0.15, -0.1) is 0 Å². The van der Waals surface area contributed by atoms with Crippen LogP contribution >= 0.6 is 11.6 Å². The topological polar surface area (TPSA) is 88.2 Å². The number of benzene rings is 2. The zero-order chi connectivity index (χ0) is 22.0. The monoisotopic (exact) mass is 455 g/mol. The number of allylic oxidation sites excluding steroid dienone is 1. The lowest BCUT2D eigenvalue weighted by Crippen LogP contribution is -2.25. The van der Waals surface area contributed by atoms with Gasteiger partial charge in [0.25, 0.3) is 5.91 Å². The van der Waals surface area contributed by atoms with E-state index in [1.54, 1.807) is 30.6 Å². The maximum atomic E-state index is 13.4. The smallest absolute Gasteiger partial charge is 0.251 e. The molecule has 1 unspecified atom stereocenters. The predicted molar refractivity (Wildman–Crippen MR) is 117 cm³/mol. The summed E-state index contributed by atoms with van der Waals surface area (Å²) in [6.07, 6.45) is 4.65. The summed E-state index contributed by atoms with van der Waals surface area (Å²) in [6.45, 7) is 0.311. The van der Waals surface area contributed by atoms with Crippen LogP contribution in [-0.2, 0) is 17.5 Å². The number of hydrogen-bond donors (Lipinski definition) is 2. The third-order valence-electron chi connectivity index (χ3n) is 4.60. The third-order valence-corrected chi connectivity index (χ3v) is 5.99. The number of rotatable bonds is 4. The molecule has 31 heavy (non-hydrogen) atoms. The molecular formula is C22H15ClFN3O3S. The molecule has 0 bridgehead atoms. The van der Waals surface area contributed by atoms with Crippen molar-refractivity contribution < 1.29 is 18.2 Å². The Morgan fingerprint density at radius 1 is 1.16 bits per heavy atom. The van der Waals surface area contributed by atoms with E-state index in [9.17, 15) is 18.2 Å². The van der Waals surface area contributed by atoms with Crippen LogP contribution in [0.2, 0.25) is 5.02 Å². The van der Waals surface area contributed by atoms with Crippen molar-refractivity contribution in [3.8, 4) is 0 Å². The fraction of sp³-hybridized carbons (Fsp3) is 0.0455. The van der Waals surface area contributed by atoms with Gasteiger partial charge in [-0.1, -0.05) is 17.7 Å². The van der Waals surface area contributed by atoms with Gasteiger partial charge < -0.3 is 10.0 Å². The van der Waals surface area contributed by atoms with Gasteiger partial charge in [-0.25, -0.2) is 8.60 Å². The van der Waals surface area contributed by atoms with Crippen LogP contribution in [0.25, 0.3) is 6.08 Å². The highest BCUT2D eigenvalue weighted by molar-refractivity contribution is 7.91. The highest BCUT2D eigenvalue weighted by Gasteiger charge is 2.28. The lowest BCUT2D eigenvalue weighted by atomic mass is 10.0. The first-order valence-electron chi connectivity index (χ1n) is 9.13. The van der Waals surface area contributed by atoms with Crippen LogP contribution in [0.15, 0.2) is 65.8 Å². The predicted octanol–water partition coefficient (Wildman–Crippen LogP) is 4.12. The Balaban J connectivity index is 1.59. The minimum atomic E-state index is -1.81. The van der Waals surface area contributed by atoms with Gasteiger partial charge in [-0.2, -0.15) is 0 Å². The lowest BCUT2D eigenvalue weighted by molar-refractivity contribution is 0.0951. The van der Waals surface area contributed by atoms with E-state index in [2.05, 4.69) is 15.0 Å². The molecular weight excluding hydrogens is 441 g/mol. The highest BCUT2D eigenvalue weighted by atomic mass is 35.5. The number of nitrogens with zero attached hydrogens (tertiary/aromatic N) is 1. The first kappa shape index (κ1) is 20.9. The number of hydrogen-bond acceptors (Lipinski definition) is 4. The Morgan fingerprint density at radius 2 is 1.94 bits per heavy atom. The van der Waals surface area contributed by atoms with Gasteiger partial charge in [0.05, 0.1) is 10.7 Å². The molecule has 0 radical (unpaired) electrons. The molecule has 0 saturated heterocycles. The van der Waals surface area contributed by atoms with Crippen molar-refractivity contribution in [1.82, 2.24) is 10.3 Å². The van der Waals surface area contributed by atoms with Gasteiger partial charge in [0.2, 0.25) is 5.78 Å². The number of carbonyl (C=O) groups is 2. The van der Waals surface area contributed by atoms with Gasteiger partial charge in [-0.3, -0.25) is 14.6 Å². The van der Waals surface area contributed by atoms with Crippen LogP contribution in [-0.4, -0.2) is 20.9 Å². The SMILES string of the molecule is O=C(NCc1ccncc1)c1ccc2c(c1)C(=O)/C(=C\c1ccc(F)c(Cl)c1)S(=O)N2. The van der Waals surface area contributed by atoms with Crippen molar-refractivity contribution in [2.45, 2.75) is 6.54 Å². The number of aromatic nitrogens is 1. The van der Waals surface area contributed by atoms with E-state index >= 15 is 0 Å². The molecule has 0 aliphatic carbocycles. The van der Waals surface area contributed by atoms with Crippen molar-refractivity contribution in [3.63, 3.8) is 0 Å². The number of pyridine rings is 1. The Morgan fingerprint density at radius 3 is 2.68 bits per heavy atom. The second-order valence-electron chi connectivity index (χ2n) is 6.68. The standard InChI is InChI=1S/C22H15ClFN3O3S/c23-17-9-14(1-3-18(17)24)10-20-21(28)16-11-15(2-4-19(16)27-31(20)30)22(29)26-12-13-5-7-25-8-6-13/h1-11,27H,12H2,(H,26,29)/b20-10+. The molecule has 156 valence electrons. The zero-order valence-corrected chi connectivity index (χ0v) is 17.5. The summed E-state index contributed by atoms with van der Waals surface area (Å²) in [5.74, 6) is -1.43. The molecule has 6 nitrogen and oxygen atoms in total. The minimum Gasteiger partial charge on any atom is -0.348 e. The number of fused-ring (bicyclic) bond motifs is 1. The van der Waals surface area contributed by atoms with E-state index in [1.165, 1.54) is 30.3 Å². The van der Waals surface area contributed by atoms with Crippen molar-refractivity contribution in [1.29, 1.82) is 0 Å². The molecule has 1 aromatic heterocycles. The molecule has 0 spiro atoms. The molecule has 9 heteroatoms. The zero-order valence-electron chi connectivity index (χ0n) is 15.9. The number of halogens is 2. The lowest BCUT2D eigenvalue weighted by Gasteiger charge is -2.19. The van der Waals surface area contributed by atoms with Crippen LogP contribution in [0.3, 0.4) is 0 Å². The quantitative estimate of drug-likeness (QED) is 0.579. The summed E-state index contributed by atoms with van der Waals surface area (Å²) in [5.41, 5.74) is 2.19. The number of Topliss-reactive ketones (excluding diaryl/α,β-unsaturated/α-hetero) is 1. The molecule has 0 saturated carbocycles. The van der Waals surface area contributed by atoms with Gasteiger partial charge in [0.1, 0.15) is 10.7 Å². The summed E-state index contributed by atoms with van der Waals surface area (Å²) in [5, 5.41) is 2.68. The normalized spacial score (nSPS) is 16.5. The highest BCUT2D eigenvalue weighted by Crippen LogP contribution is 2.30. The molecule has 1 atom stereocenters. The summed E-state index contributed by atoms with van der Waals surface area (Å²) < 4.78 is 28.7. The second kappa shape index (κ2) is 8.79.